The smallest absolute Gasteiger partial charge is 0.247 e. The van der Waals surface area contributed by atoms with Gasteiger partial charge in [0.15, 0.2) is 0 Å². The fraction of sp³-hybridized carbons (Fsp3) is 0.235. The first-order valence-electron chi connectivity index (χ1n) is 7.44. The first-order valence-corrected chi connectivity index (χ1v) is 8.26. The Morgan fingerprint density at radius 1 is 1.26 bits per heavy atom. The van der Waals surface area contributed by atoms with Crippen LogP contribution in [-0.2, 0) is 4.79 Å². The van der Waals surface area contributed by atoms with E-state index < -0.39 is 0 Å². The Bertz CT molecular complexity index is 824. The molecular formula is C17H15N3O2S. The van der Waals surface area contributed by atoms with Crippen LogP contribution in [0, 0.1) is 12.8 Å². The highest BCUT2D eigenvalue weighted by Gasteiger charge is 2.44. The molecule has 1 aliphatic carbocycles. The van der Waals surface area contributed by atoms with Gasteiger partial charge in [-0.25, -0.2) is 0 Å². The zero-order chi connectivity index (χ0) is 15.8. The fourth-order valence-electron chi connectivity index (χ4n) is 2.68. The van der Waals surface area contributed by atoms with Crippen LogP contribution >= 0.6 is 11.3 Å². The maximum atomic E-state index is 12.3. The van der Waals surface area contributed by atoms with Gasteiger partial charge in [-0.15, -0.1) is 21.5 Å². The molecule has 3 aromatic rings. The van der Waals surface area contributed by atoms with Crippen molar-refractivity contribution >= 4 is 22.9 Å². The lowest BCUT2D eigenvalue weighted by Gasteiger charge is -2.05. The minimum Gasteiger partial charge on any atom is -0.423 e. The van der Waals surface area contributed by atoms with Crippen molar-refractivity contribution in [3.63, 3.8) is 0 Å². The number of carbonyl (C=O) groups is 1. The summed E-state index contributed by atoms with van der Waals surface area (Å²) in [6, 6.07) is 11.7. The second kappa shape index (κ2) is 5.62. The Hall–Kier alpha value is -2.47. The lowest BCUT2D eigenvalue weighted by molar-refractivity contribution is -0.117. The maximum absolute atomic E-state index is 12.3. The van der Waals surface area contributed by atoms with E-state index in [9.17, 15) is 4.79 Å². The number of nitrogens with one attached hydrogen (secondary N) is 1. The normalized spacial score (nSPS) is 19.5. The highest BCUT2D eigenvalue weighted by molar-refractivity contribution is 7.12. The standard InChI is InChI=1S/C17H15N3O2S/c1-10-2-7-15(23-10)13-8-14(13)16(21)19-12-5-3-11(4-6-12)17-20-18-9-22-17/h2-7,9,13-14H,8H2,1H3,(H,19,21)/t13-,14-/m0/s1. The van der Waals surface area contributed by atoms with Crippen LogP contribution in [0.2, 0.25) is 0 Å². The molecule has 1 amide bonds. The Morgan fingerprint density at radius 3 is 2.74 bits per heavy atom. The number of aryl methyl sites for hydroxylation is 1. The van der Waals surface area contributed by atoms with Crippen molar-refractivity contribution in [3.8, 4) is 11.5 Å². The molecule has 6 heteroatoms. The summed E-state index contributed by atoms with van der Waals surface area (Å²) in [6.45, 7) is 2.09. The molecule has 0 radical (unpaired) electrons. The van der Waals surface area contributed by atoms with Crippen LogP contribution in [0.15, 0.2) is 47.2 Å². The van der Waals surface area contributed by atoms with Gasteiger partial charge in [0, 0.05) is 32.8 Å². The molecule has 23 heavy (non-hydrogen) atoms. The van der Waals surface area contributed by atoms with Gasteiger partial charge in [0.1, 0.15) is 0 Å². The third kappa shape index (κ3) is 2.90. The molecule has 1 fully saturated rings. The SMILES string of the molecule is Cc1ccc([C@H]2C[C@@H]2C(=O)Nc2ccc(-c3nnco3)cc2)s1. The van der Waals surface area contributed by atoms with Crippen molar-refractivity contribution in [1.29, 1.82) is 0 Å². The molecule has 2 atom stereocenters. The van der Waals surface area contributed by atoms with E-state index in [1.165, 1.54) is 16.1 Å². The summed E-state index contributed by atoms with van der Waals surface area (Å²) < 4.78 is 5.15. The number of benzene rings is 1. The van der Waals surface area contributed by atoms with Gasteiger partial charge in [0.05, 0.1) is 0 Å². The quantitative estimate of drug-likeness (QED) is 0.791. The monoisotopic (exact) mass is 325 g/mol. The molecule has 1 aliphatic rings. The van der Waals surface area contributed by atoms with Crippen LogP contribution < -0.4 is 5.32 Å². The molecule has 0 unspecified atom stereocenters. The number of nitrogens with zero attached hydrogens (tertiary/aromatic N) is 2. The maximum Gasteiger partial charge on any atom is 0.247 e. The number of hydrogen-bond donors (Lipinski definition) is 1. The lowest BCUT2D eigenvalue weighted by atomic mass is 10.2. The Morgan fingerprint density at radius 2 is 2.09 bits per heavy atom. The van der Waals surface area contributed by atoms with Crippen LogP contribution in [0.4, 0.5) is 5.69 Å². The summed E-state index contributed by atoms with van der Waals surface area (Å²) >= 11 is 1.78. The number of rotatable bonds is 4. The number of amides is 1. The second-order valence-corrected chi connectivity index (χ2v) is 7.03. The van der Waals surface area contributed by atoms with E-state index in [4.69, 9.17) is 4.42 Å². The van der Waals surface area contributed by atoms with Crippen molar-refractivity contribution in [2.75, 3.05) is 5.32 Å². The molecule has 4 rings (SSSR count). The molecule has 0 bridgehead atoms. The van der Waals surface area contributed by atoms with Crippen molar-refractivity contribution < 1.29 is 9.21 Å². The van der Waals surface area contributed by atoms with Crippen molar-refractivity contribution in [1.82, 2.24) is 10.2 Å². The summed E-state index contributed by atoms with van der Waals surface area (Å²) in [5.41, 5.74) is 1.62. The van der Waals surface area contributed by atoms with Crippen molar-refractivity contribution in [2.24, 2.45) is 5.92 Å². The van der Waals surface area contributed by atoms with E-state index in [1.54, 1.807) is 11.3 Å². The zero-order valence-electron chi connectivity index (χ0n) is 12.5. The summed E-state index contributed by atoms with van der Waals surface area (Å²) in [4.78, 5) is 14.9. The van der Waals surface area contributed by atoms with Gasteiger partial charge in [-0.3, -0.25) is 4.79 Å². The van der Waals surface area contributed by atoms with Gasteiger partial charge >= 0.3 is 0 Å². The summed E-state index contributed by atoms with van der Waals surface area (Å²) in [7, 11) is 0. The van der Waals surface area contributed by atoms with E-state index in [1.807, 2.05) is 24.3 Å². The third-order valence-electron chi connectivity index (χ3n) is 4.01. The molecule has 2 heterocycles. The largest absolute Gasteiger partial charge is 0.423 e. The second-order valence-electron chi connectivity index (χ2n) is 5.71. The van der Waals surface area contributed by atoms with E-state index in [0.717, 1.165) is 17.7 Å². The molecule has 0 aliphatic heterocycles. The number of thiophene rings is 1. The van der Waals surface area contributed by atoms with Crippen LogP contribution in [0.1, 0.15) is 22.1 Å². The molecule has 1 saturated carbocycles. The number of carbonyl (C=O) groups excluding carboxylic acids is 1. The summed E-state index contributed by atoms with van der Waals surface area (Å²) in [6.07, 6.45) is 2.23. The van der Waals surface area contributed by atoms with Crippen LogP contribution in [0.3, 0.4) is 0 Å². The Balaban J connectivity index is 1.40. The van der Waals surface area contributed by atoms with Crippen LogP contribution in [0.5, 0.6) is 0 Å². The molecule has 116 valence electrons. The minimum absolute atomic E-state index is 0.0867. The first-order chi connectivity index (χ1) is 11.2. The molecule has 2 aromatic heterocycles. The average molecular weight is 325 g/mol. The minimum atomic E-state index is 0.0867. The fourth-order valence-corrected chi connectivity index (χ4v) is 3.74. The van der Waals surface area contributed by atoms with E-state index in [-0.39, 0.29) is 11.8 Å². The van der Waals surface area contributed by atoms with Gasteiger partial charge in [0.2, 0.25) is 18.2 Å². The molecule has 1 N–H and O–H groups in total. The lowest BCUT2D eigenvalue weighted by Crippen LogP contribution is -2.14. The highest BCUT2D eigenvalue weighted by Crippen LogP contribution is 2.50. The van der Waals surface area contributed by atoms with Crippen molar-refractivity contribution in [3.05, 3.63) is 52.5 Å². The van der Waals surface area contributed by atoms with Gasteiger partial charge in [-0.2, -0.15) is 0 Å². The Labute approximate surface area is 137 Å². The molecule has 1 aromatic carbocycles. The zero-order valence-corrected chi connectivity index (χ0v) is 13.3. The molecule has 5 nitrogen and oxygen atoms in total. The molecule has 0 spiro atoms. The van der Waals surface area contributed by atoms with Gasteiger partial charge < -0.3 is 9.73 Å². The van der Waals surface area contributed by atoms with Gasteiger partial charge in [-0.05, 0) is 49.7 Å². The predicted molar refractivity (Wildman–Crippen MR) is 88.3 cm³/mol. The van der Waals surface area contributed by atoms with Gasteiger partial charge in [0.25, 0.3) is 0 Å². The van der Waals surface area contributed by atoms with Gasteiger partial charge in [-0.1, -0.05) is 0 Å². The topological polar surface area (TPSA) is 68.0 Å². The average Bonchev–Trinajstić information content (AvgIpc) is 2.95. The summed E-state index contributed by atoms with van der Waals surface area (Å²) in [5, 5.41) is 10.5. The summed E-state index contributed by atoms with van der Waals surface area (Å²) in [5.74, 6) is 1.03. The van der Waals surface area contributed by atoms with Crippen molar-refractivity contribution in [2.45, 2.75) is 19.3 Å². The van der Waals surface area contributed by atoms with Crippen LogP contribution in [-0.4, -0.2) is 16.1 Å². The van der Waals surface area contributed by atoms with E-state index >= 15 is 0 Å². The third-order valence-corrected chi connectivity index (χ3v) is 5.15. The van der Waals surface area contributed by atoms with Crippen LogP contribution in [0.25, 0.3) is 11.5 Å². The number of anilines is 1. The first kappa shape index (κ1) is 14.1. The number of hydrogen-bond acceptors (Lipinski definition) is 5. The molecular weight excluding hydrogens is 310 g/mol. The van der Waals surface area contributed by atoms with E-state index in [0.29, 0.717) is 11.8 Å². The number of aromatic nitrogens is 2. The molecule has 0 saturated heterocycles. The predicted octanol–water partition coefficient (Wildman–Crippen LogP) is 3.85. The van der Waals surface area contributed by atoms with E-state index in [2.05, 4.69) is 34.6 Å². The highest BCUT2D eigenvalue weighted by atomic mass is 32.1. The Kier molecular flexibility index (Phi) is 3.46.